The Morgan fingerprint density at radius 3 is 2.74 bits per heavy atom. The quantitative estimate of drug-likeness (QED) is 0.820. The highest BCUT2D eigenvalue weighted by molar-refractivity contribution is 5.31. The fourth-order valence-corrected chi connectivity index (χ4v) is 2.69. The fourth-order valence-electron chi connectivity index (χ4n) is 2.69. The number of hydrogen-bond acceptors (Lipinski definition) is 2. The summed E-state index contributed by atoms with van der Waals surface area (Å²) in [4.78, 5) is 0. The molecule has 0 unspecified atom stereocenters. The molecule has 0 aromatic heterocycles. The van der Waals surface area contributed by atoms with Crippen LogP contribution in [0.5, 0.6) is 5.75 Å². The smallest absolute Gasteiger partial charge is 0.137 e. The molecule has 3 heteroatoms. The number of rotatable bonds is 6. The lowest BCUT2D eigenvalue weighted by molar-refractivity contribution is -0.697. The summed E-state index contributed by atoms with van der Waals surface area (Å²) in [5.74, 6) is 0.874. The number of quaternary nitrogens is 1. The number of hydrogen-bond donors (Lipinski definition) is 2. The van der Waals surface area contributed by atoms with Gasteiger partial charge in [-0.05, 0) is 44.2 Å². The van der Waals surface area contributed by atoms with Gasteiger partial charge in [0.05, 0.1) is 6.04 Å². The second kappa shape index (κ2) is 7.51. The van der Waals surface area contributed by atoms with Gasteiger partial charge in [0.2, 0.25) is 0 Å². The Labute approximate surface area is 116 Å². The Kier molecular flexibility index (Phi) is 5.67. The Bertz CT molecular complexity index is 375. The standard InChI is InChI=1S/C16H25NO2/c1-13-7-5-6-10-16(13)19-12-15(18)11-17-14-8-3-2-4-9-14/h5-7,10,14-15,17-18H,2-4,8-9,11-12H2,1H3/p+1/t15-/m1/s1. The predicted octanol–water partition coefficient (Wildman–Crippen LogP) is 1.63. The molecule has 0 saturated heterocycles. The molecule has 19 heavy (non-hydrogen) atoms. The molecule has 1 aromatic rings. The van der Waals surface area contributed by atoms with E-state index in [2.05, 4.69) is 5.32 Å². The van der Waals surface area contributed by atoms with Crippen LogP contribution in [-0.4, -0.2) is 30.4 Å². The van der Waals surface area contributed by atoms with E-state index < -0.39 is 0 Å². The molecule has 1 aliphatic rings. The van der Waals surface area contributed by atoms with Gasteiger partial charge < -0.3 is 15.2 Å². The summed E-state index contributed by atoms with van der Waals surface area (Å²) >= 11 is 0. The van der Waals surface area contributed by atoms with Crippen LogP contribution in [0.1, 0.15) is 37.7 Å². The molecule has 2 rings (SSSR count). The largest absolute Gasteiger partial charge is 0.490 e. The minimum atomic E-state index is -0.387. The molecule has 0 amide bonds. The molecule has 1 atom stereocenters. The van der Waals surface area contributed by atoms with Gasteiger partial charge in [-0.2, -0.15) is 0 Å². The number of ether oxygens (including phenoxy) is 1. The maximum absolute atomic E-state index is 9.98. The lowest BCUT2D eigenvalue weighted by Gasteiger charge is -2.21. The number of para-hydroxylation sites is 1. The maximum atomic E-state index is 9.98. The second-order valence-corrected chi connectivity index (χ2v) is 5.60. The monoisotopic (exact) mass is 264 g/mol. The average molecular weight is 264 g/mol. The van der Waals surface area contributed by atoms with Crippen molar-refractivity contribution in [1.29, 1.82) is 0 Å². The summed E-state index contributed by atoms with van der Waals surface area (Å²) in [6.07, 6.45) is 6.27. The highest BCUT2D eigenvalue weighted by Gasteiger charge is 2.17. The molecule has 0 bridgehead atoms. The van der Waals surface area contributed by atoms with E-state index in [1.54, 1.807) is 0 Å². The molecule has 3 nitrogen and oxygen atoms in total. The Balaban J connectivity index is 1.66. The zero-order valence-electron chi connectivity index (χ0n) is 11.8. The number of nitrogens with two attached hydrogens (primary N) is 1. The van der Waals surface area contributed by atoms with Crippen LogP contribution in [-0.2, 0) is 0 Å². The topological polar surface area (TPSA) is 46.1 Å². The summed E-state index contributed by atoms with van der Waals surface area (Å²) in [6, 6.07) is 8.64. The second-order valence-electron chi connectivity index (χ2n) is 5.60. The van der Waals surface area contributed by atoms with Crippen LogP contribution < -0.4 is 10.1 Å². The number of benzene rings is 1. The first-order valence-corrected chi connectivity index (χ1v) is 7.45. The molecule has 0 heterocycles. The first kappa shape index (κ1) is 14.4. The van der Waals surface area contributed by atoms with Crippen molar-refractivity contribution in [3.63, 3.8) is 0 Å². The molecule has 0 radical (unpaired) electrons. The van der Waals surface area contributed by atoms with E-state index in [9.17, 15) is 5.11 Å². The molecular formula is C16H26NO2+. The van der Waals surface area contributed by atoms with Gasteiger partial charge in [0.25, 0.3) is 0 Å². The van der Waals surface area contributed by atoms with E-state index in [0.29, 0.717) is 12.6 Å². The number of aliphatic hydroxyl groups is 1. The van der Waals surface area contributed by atoms with Crippen molar-refractivity contribution in [2.45, 2.75) is 51.2 Å². The first-order valence-electron chi connectivity index (χ1n) is 7.45. The van der Waals surface area contributed by atoms with E-state index in [0.717, 1.165) is 17.9 Å². The van der Waals surface area contributed by atoms with Gasteiger partial charge in [-0.25, -0.2) is 0 Å². The minimum Gasteiger partial charge on any atom is -0.490 e. The van der Waals surface area contributed by atoms with Crippen molar-refractivity contribution >= 4 is 0 Å². The van der Waals surface area contributed by atoms with Crippen molar-refractivity contribution in [2.75, 3.05) is 13.2 Å². The molecule has 1 fully saturated rings. The van der Waals surface area contributed by atoms with Gasteiger partial charge in [-0.15, -0.1) is 0 Å². The zero-order valence-corrected chi connectivity index (χ0v) is 11.8. The Morgan fingerprint density at radius 2 is 2.00 bits per heavy atom. The van der Waals surface area contributed by atoms with E-state index in [1.165, 1.54) is 32.1 Å². The molecule has 1 aliphatic carbocycles. The van der Waals surface area contributed by atoms with Crippen LogP contribution in [0.25, 0.3) is 0 Å². The van der Waals surface area contributed by atoms with Gasteiger partial charge >= 0.3 is 0 Å². The Morgan fingerprint density at radius 1 is 1.26 bits per heavy atom. The minimum absolute atomic E-state index is 0.383. The zero-order chi connectivity index (χ0) is 13.5. The van der Waals surface area contributed by atoms with E-state index in [-0.39, 0.29) is 6.10 Å². The summed E-state index contributed by atoms with van der Waals surface area (Å²) in [7, 11) is 0. The van der Waals surface area contributed by atoms with Crippen molar-refractivity contribution in [2.24, 2.45) is 0 Å². The van der Waals surface area contributed by atoms with Crippen molar-refractivity contribution in [3.05, 3.63) is 29.8 Å². The van der Waals surface area contributed by atoms with Crippen LogP contribution in [0.15, 0.2) is 24.3 Å². The Hall–Kier alpha value is -1.06. The van der Waals surface area contributed by atoms with E-state index in [1.807, 2.05) is 31.2 Å². The SMILES string of the molecule is Cc1ccccc1OC[C@H](O)C[NH2+]C1CCCCC1. The summed E-state index contributed by atoms with van der Waals surface area (Å²) in [5.41, 5.74) is 1.12. The lowest BCUT2D eigenvalue weighted by atomic mass is 9.95. The van der Waals surface area contributed by atoms with E-state index >= 15 is 0 Å². The van der Waals surface area contributed by atoms with Crippen molar-refractivity contribution < 1.29 is 15.2 Å². The predicted molar refractivity (Wildman–Crippen MR) is 76.3 cm³/mol. The van der Waals surface area contributed by atoms with Gasteiger partial charge in [-0.1, -0.05) is 24.6 Å². The van der Waals surface area contributed by atoms with Gasteiger partial charge in [0.15, 0.2) is 0 Å². The summed E-state index contributed by atoms with van der Waals surface area (Å²) in [6.45, 7) is 3.15. The maximum Gasteiger partial charge on any atom is 0.137 e. The van der Waals surface area contributed by atoms with Crippen LogP contribution in [0.2, 0.25) is 0 Å². The fraction of sp³-hybridized carbons (Fsp3) is 0.625. The van der Waals surface area contributed by atoms with Gasteiger partial charge in [0.1, 0.15) is 25.0 Å². The normalized spacial score (nSPS) is 18.2. The third-order valence-corrected chi connectivity index (χ3v) is 3.92. The van der Waals surface area contributed by atoms with Crippen LogP contribution in [0.4, 0.5) is 0 Å². The van der Waals surface area contributed by atoms with Gasteiger partial charge in [0, 0.05) is 0 Å². The van der Waals surface area contributed by atoms with Crippen LogP contribution in [0.3, 0.4) is 0 Å². The number of aliphatic hydroxyl groups excluding tert-OH is 1. The molecule has 106 valence electrons. The highest BCUT2D eigenvalue weighted by atomic mass is 16.5. The van der Waals surface area contributed by atoms with Gasteiger partial charge in [-0.3, -0.25) is 0 Å². The van der Waals surface area contributed by atoms with Crippen LogP contribution >= 0.6 is 0 Å². The lowest BCUT2D eigenvalue weighted by Crippen LogP contribution is -2.92. The first-order chi connectivity index (χ1) is 9.25. The van der Waals surface area contributed by atoms with Crippen LogP contribution in [0, 0.1) is 6.92 Å². The third-order valence-electron chi connectivity index (χ3n) is 3.92. The summed E-state index contributed by atoms with van der Waals surface area (Å²) < 4.78 is 5.67. The summed E-state index contributed by atoms with van der Waals surface area (Å²) in [5, 5.41) is 12.3. The highest BCUT2D eigenvalue weighted by Crippen LogP contribution is 2.16. The molecule has 0 aliphatic heterocycles. The molecule has 1 aromatic carbocycles. The van der Waals surface area contributed by atoms with Crippen molar-refractivity contribution in [1.82, 2.24) is 0 Å². The molecule has 1 saturated carbocycles. The van der Waals surface area contributed by atoms with E-state index in [4.69, 9.17) is 4.74 Å². The molecule has 0 spiro atoms. The third kappa shape index (κ3) is 4.84. The van der Waals surface area contributed by atoms with Crippen molar-refractivity contribution in [3.8, 4) is 5.75 Å². The molecule has 3 N–H and O–H groups in total. The number of aryl methyl sites for hydroxylation is 1. The molecular weight excluding hydrogens is 238 g/mol. The average Bonchev–Trinajstić information content (AvgIpc) is 2.45.